The summed E-state index contributed by atoms with van der Waals surface area (Å²) < 4.78 is 1.05. The molecule has 1 N–H and O–H groups in total. The van der Waals surface area contributed by atoms with Gasteiger partial charge in [-0.2, -0.15) is 4.98 Å². The Morgan fingerprint density at radius 1 is 1.08 bits per heavy atom. The molecule has 1 unspecified atom stereocenters. The minimum absolute atomic E-state index is 0.352. The first-order chi connectivity index (χ1) is 11.7. The molecule has 0 bridgehead atoms. The quantitative estimate of drug-likeness (QED) is 0.688. The number of hydrogen-bond acceptors (Lipinski definition) is 4. The summed E-state index contributed by atoms with van der Waals surface area (Å²) in [7, 11) is 0. The van der Waals surface area contributed by atoms with Crippen molar-refractivity contribution in [2.24, 2.45) is 0 Å². The molecule has 1 aliphatic heterocycles. The Balaban J connectivity index is 1.64. The van der Waals surface area contributed by atoms with E-state index >= 15 is 0 Å². The van der Waals surface area contributed by atoms with E-state index in [1.807, 2.05) is 30.3 Å². The maximum Gasteiger partial charge on any atom is 0.232 e. The predicted octanol–water partition coefficient (Wildman–Crippen LogP) is 5.07. The van der Waals surface area contributed by atoms with Crippen molar-refractivity contribution in [3.8, 4) is 0 Å². The second-order valence-electron chi connectivity index (χ2n) is 5.93. The number of nitrogens with one attached hydrogen (secondary N) is 1. The first-order valence-electron chi connectivity index (χ1n) is 7.93. The van der Waals surface area contributed by atoms with E-state index < -0.39 is 0 Å². The molecule has 24 heavy (non-hydrogen) atoms. The Morgan fingerprint density at radius 2 is 1.88 bits per heavy atom. The van der Waals surface area contributed by atoms with E-state index in [0.29, 0.717) is 6.04 Å². The Hall–Kier alpha value is -2.40. The zero-order valence-corrected chi connectivity index (χ0v) is 14.9. The SMILES string of the molecule is CC1Cc2ccccc2N1c1nccc(Nc2ccc(Br)cc2)n1. The lowest BCUT2D eigenvalue weighted by molar-refractivity contribution is 0.740. The van der Waals surface area contributed by atoms with Gasteiger partial charge < -0.3 is 10.2 Å². The lowest BCUT2D eigenvalue weighted by Gasteiger charge is -2.23. The van der Waals surface area contributed by atoms with Crippen LogP contribution in [-0.2, 0) is 6.42 Å². The number of halogens is 1. The molecule has 0 spiro atoms. The second kappa shape index (κ2) is 6.24. The third-order valence-corrected chi connectivity index (χ3v) is 4.71. The number of benzene rings is 2. The summed E-state index contributed by atoms with van der Waals surface area (Å²) in [4.78, 5) is 11.4. The fourth-order valence-corrected chi connectivity index (χ4v) is 3.35. The number of nitrogens with zero attached hydrogens (tertiary/aromatic N) is 3. The minimum Gasteiger partial charge on any atom is -0.340 e. The highest BCUT2D eigenvalue weighted by atomic mass is 79.9. The van der Waals surface area contributed by atoms with Crippen LogP contribution in [0.5, 0.6) is 0 Å². The zero-order valence-electron chi connectivity index (χ0n) is 13.3. The molecule has 5 heteroatoms. The third-order valence-electron chi connectivity index (χ3n) is 4.18. The van der Waals surface area contributed by atoms with E-state index in [4.69, 9.17) is 4.98 Å². The Kier molecular flexibility index (Phi) is 3.94. The molecule has 0 fully saturated rings. The number of aromatic nitrogens is 2. The normalized spacial score (nSPS) is 16.1. The van der Waals surface area contributed by atoms with Crippen molar-refractivity contribution in [2.45, 2.75) is 19.4 Å². The molecule has 4 rings (SSSR count). The van der Waals surface area contributed by atoms with Gasteiger partial charge in [0.25, 0.3) is 0 Å². The number of para-hydroxylation sites is 1. The number of rotatable bonds is 3. The molecule has 2 heterocycles. The fourth-order valence-electron chi connectivity index (χ4n) is 3.09. The van der Waals surface area contributed by atoms with Crippen LogP contribution in [-0.4, -0.2) is 16.0 Å². The minimum atomic E-state index is 0.352. The van der Waals surface area contributed by atoms with Crippen LogP contribution in [0.3, 0.4) is 0 Å². The predicted molar refractivity (Wildman–Crippen MR) is 101 cm³/mol. The van der Waals surface area contributed by atoms with Crippen molar-refractivity contribution in [2.75, 3.05) is 10.2 Å². The zero-order chi connectivity index (χ0) is 16.5. The highest BCUT2D eigenvalue weighted by Gasteiger charge is 2.28. The first kappa shape index (κ1) is 15.1. The Bertz CT molecular complexity index is 863. The molecule has 1 aliphatic rings. The topological polar surface area (TPSA) is 41.1 Å². The van der Waals surface area contributed by atoms with Crippen LogP contribution in [0.4, 0.5) is 23.1 Å². The lowest BCUT2D eigenvalue weighted by Crippen LogP contribution is -2.25. The molecular weight excluding hydrogens is 364 g/mol. The van der Waals surface area contributed by atoms with Gasteiger partial charge in [-0.25, -0.2) is 4.98 Å². The summed E-state index contributed by atoms with van der Waals surface area (Å²) in [6.07, 6.45) is 2.82. The number of hydrogen-bond donors (Lipinski definition) is 1. The van der Waals surface area contributed by atoms with Gasteiger partial charge in [-0.1, -0.05) is 34.1 Å². The average molecular weight is 381 g/mol. The first-order valence-corrected chi connectivity index (χ1v) is 8.73. The van der Waals surface area contributed by atoms with Gasteiger partial charge in [0.05, 0.1) is 0 Å². The van der Waals surface area contributed by atoms with Crippen molar-refractivity contribution in [1.82, 2.24) is 9.97 Å². The molecule has 1 atom stereocenters. The molecule has 120 valence electrons. The Morgan fingerprint density at radius 3 is 2.71 bits per heavy atom. The van der Waals surface area contributed by atoms with E-state index in [0.717, 1.165) is 28.3 Å². The van der Waals surface area contributed by atoms with E-state index in [-0.39, 0.29) is 0 Å². The van der Waals surface area contributed by atoms with Crippen molar-refractivity contribution < 1.29 is 0 Å². The van der Waals surface area contributed by atoms with Gasteiger partial charge in [0.15, 0.2) is 0 Å². The lowest BCUT2D eigenvalue weighted by atomic mass is 10.1. The summed E-state index contributed by atoms with van der Waals surface area (Å²) in [6.45, 7) is 2.21. The summed E-state index contributed by atoms with van der Waals surface area (Å²) in [5.41, 5.74) is 3.54. The summed E-state index contributed by atoms with van der Waals surface area (Å²) in [5.74, 6) is 1.52. The maximum absolute atomic E-state index is 4.71. The number of fused-ring (bicyclic) bond motifs is 1. The largest absolute Gasteiger partial charge is 0.340 e. The molecule has 0 aliphatic carbocycles. The van der Waals surface area contributed by atoms with Crippen LogP contribution in [0.25, 0.3) is 0 Å². The smallest absolute Gasteiger partial charge is 0.232 e. The summed E-state index contributed by atoms with van der Waals surface area (Å²) >= 11 is 3.45. The van der Waals surface area contributed by atoms with E-state index in [1.54, 1.807) is 6.20 Å². The van der Waals surface area contributed by atoms with Crippen LogP contribution in [0.2, 0.25) is 0 Å². The molecule has 0 amide bonds. The highest BCUT2D eigenvalue weighted by molar-refractivity contribution is 9.10. The van der Waals surface area contributed by atoms with Crippen molar-refractivity contribution in [3.05, 3.63) is 70.8 Å². The molecule has 0 radical (unpaired) electrons. The molecule has 2 aromatic carbocycles. The molecule has 4 nitrogen and oxygen atoms in total. The van der Waals surface area contributed by atoms with Gasteiger partial charge in [0.2, 0.25) is 5.95 Å². The van der Waals surface area contributed by atoms with Crippen molar-refractivity contribution in [1.29, 1.82) is 0 Å². The molecular formula is C19H17BrN4. The summed E-state index contributed by atoms with van der Waals surface area (Å²) in [6, 6.07) is 18.7. The summed E-state index contributed by atoms with van der Waals surface area (Å²) in [5, 5.41) is 3.34. The van der Waals surface area contributed by atoms with Gasteiger partial charge in [0.1, 0.15) is 5.82 Å². The molecule has 3 aromatic rings. The average Bonchev–Trinajstić information content (AvgIpc) is 2.93. The second-order valence-corrected chi connectivity index (χ2v) is 6.84. The van der Waals surface area contributed by atoms with Gasteiger partial charge in [-0.05, 0) is 55.3 Å². The van der Waals surface area contributed by atoms with E-state index in [9.17, 15) is 0 Å². The highest BCUT2D eigenvalue weighted by Crippen LogP contribution is 2.36. The number of anilines is 4. The van der Waals surface area contributed by atoms with E-state index in [2.05, 4.69) is 62.3 Å². The van der Waals surface area contributed by atoms with Crippen LogP contribution >= 0.6 is 15.9 Å². The maximum atomic E-state index is 4.71. The van der Waals surface area contributed by atoms with Crippen LogP contribution < -0.4 is 10.2 Å². The van der Waals surface area contributed by atoms with Crippen molar-refractivity contribution >= 4 is 39.1 Å². The fraction of sp³-hybridized carbons (Fsp3) is 0.158. The van der Waals surface area contributed by atoms with Crippen molar-refractivity contribution in [3.63, 3.8) is 0 Å². The molecule has 0 saturated heterocycles. The van der Waals surface area contributed by atoms with Crippen LogP contribution in [0, 0.1) is 0 Å². The van der Waals surface area contributed by atoms with Crippen LogP contribution in [0.15, 0.2) is 65.3 Å². The van der Waals surface area contributed by atoms with Gasteiger partial charge >= 0.3 is 0 Å². The van der Waals surface area contributed by atoms with Gasteiger partial charge in [0, 0.05) is 28.1 Å². The molecule has 0 saturated carbocycles. The van der Waals surface area contributed by atoms with Gasteiger partial charge in [-0.15, -0.1) is 0 Å². The van der Waals surface area contributed by atoms with Gasteiger partial charge in [-0.3, -0.25) is 0 Å². The van der Waals surface area contributed by atoms with E-state index in [1.165, 1.54) is 11.3 Å². The third kappa shape index (κ3) is 2.87. The standard InChI is InChI=1S/C19H17BrN4/c1-13-12-14-4-2-3-5-17(14)24(13)19-21-11-10-18(23-19)22-16-8-6-15(20)7-9-16/h2-11,13H,12H2,1H3,(H,21,22,23). The molecule has 1 aromatic heterocycles. The monoisotopic (exact) mass is 380 g/mol. The Labute approximate surface area is 149 Å². The van der Waals surface area contributed by atoms with Crippen LogP contribution in [0.1, 0.15) is 12.5 Å².